The molecule has 0 aliphatic heterocycles. The Hall–Kier alpha value is -1.41. The minimum Gasteiger partial charge on any atom is -0.313 e. The fourth-order valence-corrected chi connectivity index (χ4v) is 2.46. The van der Waals surface area contributed by atoms with E-state index in [1.807, 2.05) is 19.4 Å². The maximum Gasteiger partial charge on any atom is 0.0367 e. The SMILES string of the molecule is CNC(c1cncc2ccccc12)C1CC1. The molecule has 1 heterocycles. The molecule has 0 amide bonds. The van der Waals surface area contributed by atoms with Crippen LogP contribution in [0.1, 0.15) is 24.4 Å². The normalized spacial score (nSPS) is 17.6. The van der Waals surface area contributed by atoms with Crippen LogP contribution in [0.15, 0.2) is 36.7 Å². The zero-order valence-corrected chi connectivity index (χ0v) is 9.48. The number of aromatic nitrogens is 1. The molecule has 1 N–H and O–H groups in total. The van der Waals surface area contributed by atoms with Crippen molar-refractivity contribution in [3.8, 4) is 0 Å². The summed E-state index contributed by atoms with van der Waals surface area (Å²) < 4.78 is 0. The molecule has 1 aromatic heterocycles. The van der Waals surface area contributed by atoms with Crippen LogP contribution in [0.2, 0.25) is 0 Å². The molecule has 2 aromatic rings. The Bertz CT molecular complexity index is 498. The van der Waals surface area contributed by atoms with Gasteiger partial charge >= 0.3 is 0 Å². The van der Waals surface area contributed by atoms with E-state index in [0.29, 0.717) is 6.04 Å². The van der Waals surface area contributed by atoms with Crippen LogP contribution >= 0.6 is 0 Å². The molecule has 0 saturated heterocycles. The molecule has 2 nitrogen and oxygen atoms in total. The van der Waals surface area contributed by atoms with Gasteiger partial charge in [-0.25, -0.2) is 0 Å². The first-order chi connectivity index (χ1) is 7.90. The largest absolute Gasteiger partial charge is 0.313 e. The molecule has 2 heteroatoms. The summed E-state index contributed by atoms with van der Waals surface area (Å²) in [6, 6.07) is 8.97. The van der Waals surface area contributed by atoms with Crippen molar-refractivity contribution in [1.29, 1.82) is 0 Å². The highest BCUT2D eigenvalue weighted by Gasteiger charge is 2.32. The fourth-order valence-electron chi connectivity index (χ4n) is 2.46. The molecule has 3 rings (SSSR count). The van der Waals surface area contributed by atoms with Crippen LogP contribution in [0.3, 0.4) is 0 Å². The van der Waals surface area contributed by atoms with Crippen molar-refractivity contribution in [3.05, 3.63) is 42.2 Å². The summed E-state index contributed by atoms with van der Waals surface area (Å²) in [6.07, 6.45) is 6.64. The first kappa shape index (κ1) is 9.79. The molecular formula is C14H16N2. The highest BCUT2D eigenvalue weighted by molar-refractivity contribution is 5.85. The smallest absolute Gasteiger partial charge is 0.0367 e. The summed E-state index contributed by atoms with van der Waals surface area (Å²) in [7, 11) is 2.05. The van der Waals surface area contributed by atoms with Gasteiger partial charge < -0.3 is 5.32 Å². The minimum absolute atomic E-state index is 0.471. The highest BCUT2D eigenvalue weighted by atomic mass is 14.9. The van der Waals surface area contributed by atoms with Crippen molar-refractivity contribution in [2.24, 2.45) is 5.92 Å². The molecule has 0 radical (unpaired) electrons. The summed E-state index contributed by atoms with van der Waals surface area (Å²) >= 11 is 0. The Kier molecular flexibility index (Phi) is 2.37. The maximum absolute atomic E-state index is 4.35. The first-order valence-electron chi connectivity index (χ1n) is 5.90. The van der Waals surface area contributed by atoms with E-state index in [0.717, 1.165) is 5.92 Å². The van der Waals surface area contributed by atoms with Gasteiger partial charge in [-0.3, -0.25) is 4.98 Å². The molecule has 82 valence electrons. The zero-order chi connectivity index (χ0) is 11.0. The molecule has 0 spiro atoms. The number of hydrogen-bond acceptors (Lipinski definition) is 2. The van der Waals surface area contributed by atoms with Gasteiger partial charge in [0.15, 0.2) is 0 Å². The van der Waals surface area contributed by atoms with Crippen LogP contribution in [0.5, 0.6) is 0 Å². The van der Waals surface area contributed by atoms with Crippen LogP contribution in [0.4, 0.5) is 0 Å². The minimum atomic E-state index is 0.471. The predicted molar refractivity (Wildman–Crippen MR) is 66.3 cm³/mol. The molecule has 1 aromatic carbocycles. The molecule has 1 saturated carbocycles. The summed E-state index contributed by atoms with van der Waals surface area (Å²) in [4.78, 5) is 4.35. The van der Waals surface area contributed by atoms with E-state index in [1.165, 1.54) is 29.2 Å². The van der Waals surface area contributed by atoms with E-state index in [9.17, 15) is 0 Å². The average molecular weight is 212 g/mol. The van der Waals surface area contributed by atoms with E-state index >= 15 is 0 Å². The summed E-state index contributed by atoms with van der Waals surface area (Å²) in [5.41, 5.74) is 1.35. The molecule has 1 aliphatic carbocycles. The standard InChI is InChI=1S/C14H16N2/c1-15-14(10-6-7-10)13-9-16-8-11-4-2-3-5-12(11)13/h2-5,8-10,14-15H,6-7H2,1H3. The molecule has 1 fully saturated rings. The van der Waals surface area contributed by atoms with Gasteiger partial charge in [-0.15, -0.1) is 0 Å². The summed E-state index contributed by atoms with van der Waals surface area (Å²) in [5, 5.41) is 6.01. The number of hydrogen-bond donors (Lipinski definition) is 1. The molecule has 0 bridgehead atoms. The van der Waals surface area contributed by atoms with E-state index in [-0.39, 0.29) is 0 Å². The van der Waals surface area contributed by atoms with Gasteiger partial charge in [0.05, 0.1) is 0 Å². The van der Waals surface area contributed by atoms with Gasteiger partial charge in [-0.1, -0.05) is 24.3 Å². The number of nitrogens with zero attached hydrogens (tertiary/aromatic N) is 1. The fraction of sp³-hybridized carbons (Fsp3) is 0.357. The average Bonchev–Trinajstić information content (AvgIpc) is 3.15. The van der Waals surface area contributed by atoms with Crippen LogP contribution < -0.4 is 5.32 Å². The van der Waals surface area contributed by atoms with Crippen molar-refractivity contribution >= 4 is 10.8 Å². The van der Waals surface area contributed by atoms with Crippen molar-refractivity contribution in [3.63, 3.8) is 0 Å². The third kappa shape index (κ3) is 1.59. The lowest BCUT2D eigenvalue weighted by atomic mass is 9.98. The zero-order valence-electron chi connectivity index (χ0n) is 9.48. The topological polar surface area (TPSA) is 24.9 Å². The van der Waals surface area contributed by atoms with Crippen molar-refractivity contribution in [1.82, 2.24) is 10.3 Å². The van der Waals surface area contributed by atoms with Crippen LogP contribution in [0, 0.1) is 5.92 Å². The van der Waals surface area contributed by atoms with Crippen LogP contribution in [-0.4, -0.2) is 12.0 Å². The molecule has 1 unspecified atom stereocenters. The molecular weight excluding hydrogens is 196 g/mol. The second kappa shape index (κ2) is 3.87. The maximum atomic E-state index is 4.35. The molecule has 1 aliphatic rings. The summed E-state index contributed by atoms with van der Waals surface area (Å²) in [6.45, 7) is 0. The Morgan fingerprint density at radius 3 is 2.81 bits per heavy atom. The van der Waals surface area contributed by atoms with Gasteiger partial charge in [0.25, 0.3) is 0 Å². The number of nitrogens with one attached hydrogen (secondary N) is 1. The van der Waals surface area contributed by atoms with Gasteiger partial charge in [0.1, 0.15) is 0 Å². The van der Waals surface area contributed by atoms with E-state index in [1.54, 1.807) is 0 Å². The van der Waals surface area contributed by atoms with Gasteiger partial charge in [0.2, 0.25) is 0 Å². The van der Waals surface area contributed by atoms with Crippen molar-refractivity contribution < 1.29 is 0 Å². The second-order valence-corrected chi connectivity index (χ2v) is 4.55. The van der Waals surface area contributed by atoms with Crippen molar-refractivity contribution in [2.45, 2.75) is 18.9 Å². The van der Waals surface area contributed by atoms with E-state index < -0.39 is 0 Å². The molecule has 16 heavy (non-hydrogen) atoms. The first-order valence-corrected chi connectivity index (χ1v) is 5.90. The van der Waals surface area contributed by atoms with Gasteiger partial charge in [-0.2, -0.15) is 0 Å². The Labute approximate surface area is 95.7 Å². The quantitative estimate of drug-likeness (QED) is 0.846. The summed E-state index contributed by atoms with van der Waals surface area (Å²) in [5.74, 6) is 0.803. The van der Waals surface area contributed by atoms with Gasteiger partial charge in [0, 0.05) is 23.8 Å². The highest BCUT2D eigenvalue weighted by Crippen LogP contribution is 2.42. The predicted octanol–water partition coefficient (Wildman–Crippen LogP) is 2.91. The third-order valence-electron chi connectivity index (χ3n) is 3.44. The Morgan fingerprint density at radius 1 is 1.25 bits per heavy atom. The van der Waals surface area contributed by atoms with Crippen molar-refractivity contribution in [2.75, 3.05) is 7.05 Å². The third-order valence-corrected chi connectivity index (χ3v) is 3.44. The Balaban J connectivity index is 2.14. The lowest BCUT2D eigenvalue weighted by Crippen LogP contribution is -2.18. The lowest BCUT2D eigenvalue weighted by Gasteiger charge is -2.17. The van der Waals surface area contributed by atoms with Crippen LogP contribution in [0.25, 0.3) is 10.8 Å². The van der Waals surface area contributed by atoms with E-state index in [4.69, 9.17) is 0 Å². The monoisotopic (exact) mass is 212 g/mol. The number of rotatable bonds is 3. The number of fused-ring (bicyclic) bond motifs is 1. The molecule has 1 atom stereocenters. The van der Waals surface area contributed by atoms with Crippen LogP contribution in [-0.2, 0) is 0 Å². The number of pyridine rings is 1. The lowest BCUT2D eigenvalue weighted by molar-refractivity contribution is 0.531. The van der Waals surface area contributed by atoms with E-state index in [2.05, 4.69) is 34.6 Å². The second-order valence-electron chi connectivity index (χ2n) is 4.55. The number of benzene rings is 1. The van der Waals surface area contributed by atoms with Gasteiger partial charge in [-0.05, 0) is 36.8 Å². The Morgan fingerprint density at radius 2 is 2.06 bits per heavy atom.